The van der Waals surface area contributed by atoms with Crippen LogP contribution in [0.15, 0.2) is 46.5 Å². The number of anilines is 1. The number of carbonyl (C=O) groups is 1. The van der Waals surface area contributed by atoms with Crippen molar-refractivity contribution in [3.63, 3.8) is 0 Å². The fourth-order valence-electron chi connectivity index (χ4n) is 3.46. The zero-order valence-electron chi connectivity index (χ0n) is 18.6. The standard InChI is InChI=1S/C22H27ClN4O3S2/c1-5-26(6-2)32(29,30)17-9-11-20-19(13-17)25-22(27(20)7-3)31-14-21(28)24-18-10-8-16(23)12-15(18)4/h8-13H,5-7,14H2,1-4H3,(H,24,28). The molecule has 32 heavy (non-hydrogen) atoms. The Kier molecular flexibility index (Phi) is 7.87. The molecule has 0 fully saturated rings. The molecule has 1 amide bonds. The van der Waals surface area contributed by atoms with Crippen molar-refractivity contribution in [1.29, 1.82) is 0 Å². The van der Waals surface area contributed by atoms with E-state index in [9.17, 15) is 13.2 Å². The van der Waals surface area contributed by atoms with E-state index in [1.807, 2.05) is 32.3 Å². The molecule has 172 valence electrons. The van der Waals surface area contributed by atoms with Gasteiger partial charge in [0.2, 0.25) is 15.9 Å². The summed E-state index contributed by atoms with van der Waals surface area (Å²) in [5.74, 6) is 0.0237. The number of sulfonamides is 1. The van der Waals surface area contributed by atoms with Crippen LogP contribution in [0.5, 0.6) is 0 Å². The number of imidazole rings is 1. The van der Waals surface area contributed by atoms with Crippen molar-refractivity contribution in [2.45, 2.75) is 44.3 Å². The van der Waals surface area contributed by atoms with Gasteiger partial charge in [0, 0.05) is 30.3 Å². The number of fused-ring (bicyclic) bond motifs is 1. The Morgan fingerprint density at radius 1 is 1.16 bits per heavy atom. The summed E-state index contributed by atoms with van der Waals surface area (Å²) in [4.78, 5) is 17.3. The Hall–Kier alpha value is -2.07. The largest absolute Gasteiger partial charge is 0.325 e. The third-order valence-electron chi connectivity index (χ3n) is 5.14. The SMILES string of the molecule is CCN(CC)S(=O)(=O)c1ccc2c(c1)nc(SCC(=O)Nc1ccc(Cl)cc1C)n2CC. The van der Waals surface area contributed by atoms with Crippen molar-refractivity contribution in [1.82, 2.24) is 13.9 Å². The van der Waals surface area contributed by atoms with E-state index in [0.29, 0.717) is 35.3 Å². The molecule has 0 aliphatic carbocycles. The highest BCUT2D eigenvalue weighted by atomic mass is 35.5. The summed E-state index contributed by atoms with van der Waals surface area (Å²) in [6.45, 7) is 8.97. The zero-order valence-corrected chi connectivity index (χ0v) is 20.9. The molecule has 3 rings (SSSR count). The van der Waals surface area contributed by atoms with Crippen LogP contribution in [0, 0.1) is 6.92 Å². The number of thioether (sulfide) groups is 1. The van der Waals surface area contributed by atoms with Crippen molar-refractivity contribution in [2.24, 2.45) is 0 Å². The quantitative estimate of drug-likeness (QED) is 0.433. The molecule has 0 unspecified atom stereocenters. The number of aromatic nitrogens is 2. The lowest BCUT2D eigenvalue weighted by atomic mass is 10.2. The zero-order chi connectivity index (χ0) is 23.5. The van der Waals surface area contributed by atoms with Gasteiger partial charge in [-0.25, -0.2) is 13.4 Å². The highest BCUT2D eigenvalue weighted by molar-refractivity contribution is 7.99. The molecule has 7 nitrogen and oxygen atoms in total. The molecule has 0 spiro atoms. The predicted molar refractivity (Wildman–Crippen MR) is 131 cm³/mol. The van der Waals surface area contributed by atoms with Gasteiger partial charge in [-0.15, -0.1) is 0 Å². The number of aryl methyl sites for hydroxylation is 2. The number of halogens is 1. The normalized spacial score (nSPS) is 11.9. The first kappa shape index (κ1) is 24.6. The van der Waals surface area contributed by atoms with Crippen LogP contribution in [0.25, 0.3) is 11.0 Å². The molecular weight excluding hydrogens is 468 g/mol. The van der Waals surface area contributed by atoms with Crippen LogP contribution < -0.4 is 5.32 Å². The molecule has 0 saturated heterocycles. The van der Waals surface area contributed by atoms with Gasteiger partial charge < -0.3 is 9.88 Å². The minimum absolute atomic E-state index is 0.153. The number of hydrogen-bond donors (Lipinski definition) is 1. The first-order valence-electron chi connectivity index (χ1n) is 10.4. The molecule has 0 atom stereocenters. The summed E-state index contributed by atoms with van der Waals surface area (Å²) in [5, 5.41) is 4.18. The van der Waals surface area contributed by atoms with Crippen molar-refractivity contribution in [2.75, 3.05) is 24.2 Å². The van der Waals surface area contributed by atoms with Crippen LogP contribution in [-0.2, 0) is 21.4 Å². The molecule has 0 radical (unpaired) electrons. The third-order valence-corrected chi connectivity index (χ3v) is 8.40. The van der Waals surface area contributed by atoms with E-state index in [0.717, 1.165) is 16.8 Å². The summed E-state index contributed by atoms with van der Waals surface area (Å²) in [6, 6.07) is 10.3. The van der Waals surface area contributed by atoms with E-state index >= 15 is 0 Å². The molecule has 0 aliphatic rings. The highest BCUT2D eigenvalue weighted by Gasteiger charge is 2.23. The predicted octanol–water partition coefficient (Wildman–Crippen LogP) is 4.78. The van der Waals surface area contributed by atoms with Crippen molar-refractivity contribution in [3.8, 4) is 0 Å². The van der Waals surface area contributed by atoms with Gasteiger partial charge in [0.05, 0.1) is 21.7 Å². The minimum atomic E-state index is -3.57. The maximum Gasteiger partial charge on any atom is 0.243 e. The molecule has 3 aromatic rings. The Labute approximate surface area is 198 Å². The van der Waals surface area contributed by atoms with Crippen LogP contribution in [0.1, 0.15) is 26.3 Å². The maximum absolute atomic E-state index is 12.9. The molecule has 10 heteroatoms. The van der Waals surface area contributed by atoms with Crippen LogP contribution in [-0.4, -0.2) is 47.0 Å². The van der Waals surface area contributed by atoms with Gasteiger partial charge in [-0.05, 0) is 55.8 Å². The topological polar surface area (TPSA) is 84.3 Å². The first-order valence-corrected chi connectivity index (χ1v) is 13.2. The Morgan fingerprint density at radius 2 is 1.88 bits per heavy atom. The van der Waals surface area contributed by atoms with Crippen molar-refractivity contribution >= 4 is 56.0 Å². The summed E-state index contributed by atoms with van der Waals surface area (Å²) in [5.41, 5.74) is 3.04. The van der Waals surface area contributed by atoms with E-state index in [4.69, 9.17) is 11.6 Å². The number of benzene rings is 2. The van der Waals surface area contributed by atoms with Gasteiger partial charge in [0.15, 0.2) is 5.16 Å². The maximum atomic E-state index is 12.9. The van der Waals surface area contributed by atoms with Gasteiger partial charge in [-0.2, -0.15) is 4.31 Å². The molecule has 0 saturated carbocycles. The number of rotatable bonds is 9. The van der Waals surface area contributed by atoms with Crippen LogP contribution in [0.2, 0.25) is 5.02 Å². The average molecular weight is 495 g/mol. The molecule has 0 aliphatic heterocycles. The fourth-order valence-corrected chi connectivity index (χ4v) is 6.04. The monoisotopic (exact) mass is 494 g/mol. The molecular formula is C22H27ClN4O3S2. The molecule has 0 bridgehead atoms. The summed E-state index contributed by atoms with van der Waals surface area (Å²) < 4.78 is 29.1. The third kappa shape index (κ3) is 5.11. The summed E-state index contributed by atoms with van der Waals surface area (Å²) in [6.07, 6.45) is 0. The number of nitrogens with one attached hydrogen (secondary N) is 1. The molecule has 2 aromatic carbocycles. The fraction of sp³-hybridized carbons (Fsp3) is 0.364. The van der Waals surface area contributed by atoms with Gasteiger partial charge in [0.1, 0.15) is 0 Å². The second-order valence-corrected chi connectivity index (χ2v) is 10.5. The average Bonchev–Trinajstić information content (AvgIpc) is 3.11. The number of hydrogen-bond acceptors (Lipinski definition) is 5. The van der Waals surface area contributed by atoms with Gasteiger partial charge in [-0.3, -0.25) is 4.79 Å². The first-order chi connectivity index (χ1) is 15.2. The van der Waals surface area contributed by atoms with Gasteiger partial charge in [0.25, 0.3) is 0 Å². The van der Waals surface area contributed by atoms with Crippen molar-refractivity contribution in [3.05, 3.63) is 47.0 Å². The minimum Gasteiger partial charge on any atom is -0.325 e. The van der Waals surface area contributed by atoms with E-state index in [1.54, 1.807) is 36.4 Å². The summed E-state index contributed by atoms with van der Waals surface area (Å²) in [7, 11) is -3.57. The Balaban J connectivity index is 1.81. The number of amides is 1. The van der Waals surface area contributed by atoms with Gasteiger partial charge in [-0.1, -0.05) is 37.2 Å². The van der Waals surface area contributed by atoms with Crippen LogP contribution in [0.3, 0.4) is 0 Å². The van der Waals surface area contributed by atoms with E-state index < -0.39 is 10.0 Å². The van der Waals surface area contributed by atoms with E-state index in [-0.39, 0.29) is 16.6 Å². The van der Waals surface area contributed by atoms with Crippen LogP contribution >= 0.6 is 23.4 Å². The lowest BCUT2D eigenvalue weighted by Gasteiger charge is -2.18. The van der Waals surface area contributed by atoms with Crippen molar-refractivity contribution < 1.29 is 13.2 Å². The molecule has 1 aromatic heterocycles. The lowest BCUT2D eigenvalue weighted by molar-refractivity contribution is -0.113. The second-order valence-electron chi connectivity index (χ2n) is 7.17. The lowest BCUT2D eigenvalue weighted by Crippen LogP contribution is -2.30. The van der Waals surface area contributed by atoms with E-state index in [1.165, 1.54) is 16.1 Å². The Morgan fingerprint density at radius 3 is 2.50 bits per heavy atom. The van der Waals surface area contributed by atoms with Gasteiger partial charge >= 0.3 is 0 Å². The number of carbonyl (C=O) groups excluding carboxylic acids is 1. The number of nitrogens with zero attached hydrogens (tertiary/aromatic N) is 3. The second kappa shape index (κ2) is 10.2. The molecule has 1 heterocycles. The Bertz CT molecular complexity index is 1240. The summed E-state index contributed by atoms with van der Waals surface area (Å²) >= 11 is 7.29. The highest BCUT2D eigenvalue weighted by Crippen LogP contribution is 2.28. The molecule has 1 N–H and O–H groups in total. The smallest absolute Gasteiger partial charge is 0.243 e. The van der Waals surface area contributed by atoms with Crippen LogP contribution in [0.4, 0.5) is 5.69 Å². The van der Waals surface area contributed by atoms with E-state index in [2.05, 4.69) is 10.3 Å².